The van der Waals surface area contributed by atoms with Crippen LogP contribution in [0.15, 0.2) is 82.7 Å². The molecule has 1 atom stereocenters. The van der Waals surface area contributed by atoms with Crippen molar-refractivity contribution in [3.63, 3.8) is 0 Å². The summed E-state index contributed by atoms with van der Waals surface area (Å²) in [5.41, 5.74) is 1.54. The maximum atomic E-state index is 13.6. The summed E-state index contributed by atoms with van der Waals surface area (Å²) >= 11 is 8.85. The molecule has 5 rings (SSSR count). The molecule has 216 valence electrons. The second-order valence-corrected chi connectivity index (χ2v) is 12.6. The molecule has 1 unspecified atom stereocenters. The van der Waals surface area contributed by atoms with E-state index in [9.17, 15) is 19.1 Å². The van der Waals surface area contributed by atoms with Gasteiger partial charge in [0, 0.05) is 16.3 Å². The fraction of sp³-hybridized carbons (Fsp3) is 0.226. The predicted molar refractivity (Wildman–Crippen MR) is 163 cm³/mol. The summed E-state index contributed by atoms with van der Waals surface area (Å²) in [6.45, 7) is 4.71. The summed E-state index contributed by atoms with van der Waals surface area (Å²) in [6.07, 6.45) is 0.854. The van der Waals surface area contributed by atoms with Crippen LogP contribution in [0.4, 0.5) is 9.52 Å². The summed E-state index contributed by atoms with van der Waals surface area (Å²) in [6, 6.07) is 18.6. The van der Waals surface area contributed by atoms with Crippen molar-refractivity contribution in [1.29, 1.82) is 0 Å². The Kier molecular flexibility index (Phi) is 9.25. The van der Waals surface area contributed by atoms with E-state index in [1.807, 2.05) is 24.3 Å². The molecule has 1 aliphatic heterocycles. The fourth-order valence-corrected chi connectivity index (χ4v) is 6.56. The summed E-state index contributed by atoms with van der Waals surface area (Å²) in [5.74, 6) is -1.08. The van der Waals surface area contributed by atoms with Crippen LogP contribution in [0, 0.1) is 11.7 Å². The number of ether oxygens (including phenoxy) is 1. The van der Waals surface area contributed by atoms with Crippen molar-refractivity contribution in [2.24, 2.45) is 5.92 Å². The highest BCUT2D eigenvalue weighted by atomic mass is 35.5. The summed E-state index contributed by atoms with van der Waals surface area (Å²) in [5, 5.41) is 20.6. The Morgan fingerprint density at radius 3 is 2.60 bits per heavy atom. The number of benzene rings is 3. The molecular weight excluding hydrogens is 597 g/mol. The molecule has 7 nitrogen and oxygen atoms in total. The number of Topliss-reactive ketones (excluding diaryl/α,β-unsaturated/α-hetero) is 1. The number of anilines is 1. The van der Waals surface area contributed by atoms with Gasteiger partial charge in [-0.15, -0.1) is 10.2 Å². The van der Waals surface area contributed by atoms with E-state index in [1.165, 1.54) is 40.9 Å². The maximum absolute atomic E-state index is 13.6. The van der Waals surface area contributed by atoms with E-state index < -0.39 is 29.3 Å². The number of nitrogens with zero attached hydrogens (tertiary/aromatic N) is 3. The van der Waals surface area contributed by atoms with Crippen LogP contribution in [0.2, 0.25) is 5.02 Å². The number of hydrogen-bond acceptors (Lipinski definition) is 8. The summed E-state index contributed by atoms with van der Waals surface area (Å²) < 4.78 is 20.1. The summed E-state index contributed by atoms with van der Waals surface area (Å²) in [7, 11) is 0. The van der Waals surface area contributed by atoms with Gasteiger partial charge in [-0.1, -0.05) is 78.9 Å². The average molecular weight is 624 g/mol. The van der Waals surface area contributed by atoms with Gasteiger partial charge in [0.25, 0.3) is 5.78 Å². The van der Waals surface area contributed by atoms with Crippen molar-refractivity contribution in [2.75, 3.05) is 11.5 Å². The molecule has 11 heteroatoms. The van der Waals surface area contributed by atoms with Crippen molar-refractivity contribution in [3.05, 3.63) is 106 Å². The van der Waals surface area contributed by atoms with E-state index in [0.717, 1.165) is 23.3 Å². The number of carbonyl (C=O) groups excluding carboxylic acids is 2. The van der Waals surface area contributed by atoms with Crippen LogP contribution in [0.3, 0.4) is 0 Å². The second-order valence-electron chi connectivity index (χ2n) is 10.0. The van der Waals surface area contributed by atoms with E-state index in [0.29, 0.717) is 39.0 Å². The lowest BCUT2D eigenvalue weighted by Crippen LogP contribution is -2.29. The average Bonchev–Trinajstić information content (AvgIpc) is 3.54. The highest BCUT2D eigenvalue weighted by Crippen LogP contribution is 2.44. The van der Waals surface area contributed by atoms with Gasteiger partial charge in [0.1, 0.15) is 17.3 Å². The molecule has 1 amide bonds. The Labute approximate surface area is 256 Å². The minimum Gasteiger partial charge on any atom is -0.507 e. The lowest BCUT2D eigenvalue weighted by molar-refractivity contribution is -0.132. The zero-order valence-corrected chi connectivity index (χ0v) is 25.2. The van der Waals surface area contributed by atoms with Gasteiger partial charge in [0.15, 0.2) is 4.34 Å². The van der Waals surface area contributed by atoms with Gasteiger partial charge < -0.3 is 9.84 Å². The highest BCUT2D eigenvalue weighted by Gasteiger charge is 2.48. The number of amides is 1. The third-order valence-electron chi connectivity index (χ3n) is 6.61. The first-order valence-electron chi connectivity index (χ1n) is 13.2. The zero-order valence-electron chi connectivity index (χ0n) is 22.8. The van der Waals surface area contributed by atoms with Crippen molar-refractivity contribution >= 4 is 57.3 Å². The summed E-state index contributed by atoms with van der Waals surface area (Å²) in [4.78, 5) is 28.2. The minimum absolute atomic E-state index is 0.133. The fourth-order valence-electron chi connectivity index (χ4n) is 4.41. The first kappa shape index (κ1) is 29.8. The van der Waals surface area contributed by atoms with Crippen LogP contribution in [0.5, 0.6) is 5.75 Å². The maximum Gasteiger partial charge on any atom is 0.301 e. The van der Waals surface area contributed by atoms with Crippen LogP contribution in [-0.4, -0.2) is 33.6 Å². The first-order chi connectivity index (χ1) is 20.2. The Morgan fingerprint density at radius 1 is 1.10 bits per heavy atom. The van der Waals surface area contributed by atoms with Crippen molar-refractivity contribution < 1.29 is 23.8 Å². The molecule has 0 aliphatic carbocycles. The van der Waals surface area contributed by atoms with Crippen LogP contribution < -0.4 is 9.64 Å². The Hall–Kier alpha value is -3.73. The Morgan fingerprint density at radius 2 is 1.86 bits per heavy atom. The molecule has 0 radical (unpaired) electrons. The quantitative estimate of drug-likeness (QED) is 0.0637. The molecule has 1 aromatic heterocycles. The number of aliphatic hydroxyl groups excluding tert-OH is 1. The third kappa shape index (κ3) is 6.51. The molecule has 0 bridgehead atoms. The predicted octanol–water partition coefficient (Wildman–Crippen LogP) is 7.67. The number of thioether (sulfide) groups is 1. The Balaban J connectivity index is 1.53. The molecule has 0 saturated carbocycles. The van der Waals surface area contributed by atoms with Gasteiger partial charge in [-0.05, 0) is 65.9 Å². The van der Waals surface area contributed by atoms with Gasteiger partial charge in [0.05, 0.1) is 18.2 Å². The minimum atomic E-state index is -1.02. The molecule has 2 heterocycles. The van der Waals surface area contributed by atoms with Gasteiger partial charge in [-0.3, -0.25) is 14.5 Å². The number of rotatable bonds is 10. The number of hydrogen-bond donors (Lipinski definition) is 1. The van der Waals surface area contributed by atoms with Gasteiger partial charge in [-0.25, -0.2) is 4.39 Å². The molecule has 1 saturated heterocycles. The van der Waals surface area contributed by atoms with Crippen LogP contribution in [-0.2, 0) is 15.3 Å². The molecule has 1 aliphatic rings. The molecule has 0 spiro atoms. The molecule has 1 fully saturated rings. The molecule has 4 aromatic rings. The van der Waals surface area contributed by atoms with Gasteiger partial charge >= 0.3 is 5.91 Å². The largest absolute Gasteiger partial charge is 0.507 e. The number of aliphatic hydroxyl groups is 1. The van der Waals surface area contributed by atoms with Crippen molar-refractivity contribution in [2.45, 2.75) is 36.4 Å². The topological polar surface area (TPSA) is 92.6 Å². The van der Waals surface area contributed by atoms with Crippen LogP contribution >= 0.6 is 34.7 Å². The van der Waals surface area contributed by atoms with E-state index in [1.54, 1.807) is 24.3 Å². The zero-order chi connectivity index (χ0) is 29.8. The molecular formula is C31H27ClFN3O4S2. The normalized spacial score (nSPS) is 16.4. The monoisotopic (exact) mass is 623 g/mol. The Bertz CT molecular complexity index is 1640. The van der Waals surface area contributed by atoms with Crippen molar-refractivity contribution in [3.8, 4) is 5.75 Å². The first-order valence-corrected chi connectivity index (χ1v) is 15.4. The standard InChI is InChI=1S/C31H27ClFN3O4S2/c1-18(2)14-15-40-23-8-5-7-20(16-23)26-25(27(37)19-10-12-22(33)13-11-19)28(38)29(39)36(26)30-34-35-31(42-30)41-17-21-6-3-4-9-24(21)32/h3-13,16,18,26,37H,14-15,17H2,1-2H3. The molecule has 3 aromatic carbocycles. The smallest absolute Gasteiger partial charge is 0.301 e. The highest BCUT2D eigenvalue weighted by molar-refractivity contribution is 8.00. The second kappa shape index (κ2) is 13.1. The number of halogens is 2. The van der Waals surface area contributed by atoms with E-state index in [-0.39, 0.29) is 16.3 Å². The number of ketones is 1. The van der Waals surface area contributed by atoms with E-state index in [4.69, 9.17) is 16.3 Å². The van der Waals surface area contributed by atoms with Gasteiger partial charge in [0.2, 0.25) is 5.13 Å². The number of carbonyl (C=O) groups is 2. The lowest BCUT2D eigenvalue weighted by atomic mass is 9.95. The molecule has 1 N–H and O–H groups in total. The van der Waals surface area contributed by atoms with E-state index >= 15 is 0 Å². The van der Waals surface area contributed by atoms with Gasteiger partial charge in [-0.2, -0.15) is 0 Å². The number of aromatic nitrogens is 2. The SMILES string of the molecule is CC(C)CCOc1cccc(C2C(=C(O)c3ccc(F)cc3)C(=O)C(=O)N2c2nnc(SCc3ccccc3Cl)s2)c1. The third-order valence-corrected chi connectivity index (χ3v) is 9.08. The lowest BCUT2D eigenvalue weighted by Gasteiger charge is -2.23. The van der Waals surface area contributed by atoms with Crippen molar-refractivity contribution in [1.82, 2.24) is 10.2 Å². The van der Waals surface area contributed by atoms with Crippen LogP contribution in [0.1, 0.15) is 43.0 Å². The molecule has 42 heavy (non-hydrogen) atoms. The van der Waals surface area contributed by atoms with E-state index in [2.05, 4.69) is 24.0 Å². The van der Waals surface area contributed by atoms with Crippen LogP contribution in [0.25, 0.3) is 5.76 Å².